The van der Waals surface area contributed by atoms with Gasteiger partial charge < -0.3 is 10.5 Å². The van der Waals surface area contributed by atoms with Gasteiger partial charge in [-0.25, -0.2) is 9.10 Å². The summed E-state index contributed by atoms with van der Waals surface area (Å²) in [6, 6.07) is 15.2. The molecule has 1 unspecified atom stereocenters. The van der Waals surface area contributed by atoms with Crippen LogP contribution in [0.5, 0.6) is 0 Å². The van der Waals surface area contributed by atoms with Crippen molar-refractivity contribution in [1.29, 1.82) is 0 Å². The van der Waals surface area contributed by atoms with Crippen LogP contribution in [0.4, 0.5) is 0 Å². The zero-order valence-corrected chi connectivity index (χ0v) is 18.2. The third-order valence-corrected chi connectivity index (χ3v) is 7.80. The third kappa shape index (κ3) is 3.56. The van der Waals surface area contributed by atoms with Gasteiger partial charge in [0, 0.05) is 40.0 Å². The number of carbonyl (C=O) groups excluding carboxylic acids is 1. The average molecular weight is 436 g/mol. The SMILES string of the molecule is Cc1ccccc1C(=O)OCn1ccc2c(SN3CCC(N)C34CC4)cccc2c1=O. The fourth-order valence-corrected chi connectivity index (χ4v) is 5.76. The predicted molar refractivity (Wildman–Crippen MR) is 122 cm³/mol. The molecular weight excluding hydrogens is 410 g/mol. The Bertz CT molecular complexity index is 1220. The summed E-state index contributed by atoms with van der Waals surface area (Å²) in [7, 11) is 0. The van der Waals surface area contributed by atoms with E-state index in [-0.39, 0.29) is 23.9 Å². The number of benzene rings is 2. The lowest BCUT2D eigenvalue weighted by molar-refractivity contribution is 0.0366. The van der Waals surface area contributed by atoms with Crippen LogP contribution in [0.1, 0.15) is 35.2 Å². The maximum Gasteiger partial charge on any atom is 0.340 e. The van der Waals surface area contributed by atoms with Gasteiger partial charge >= 0.3 is 5.97 Å². The molecule has 0 bridgehead atoms. The van der Waals surface area contributed by atoms with Crippen molar-refractivity contribution in [3.8, 4) is 0 Å². The topological polar surface area (TPSA) is 77.6 Å². The highest BCUT2D eigenvalue weighted by Gasteiger charge is 2.56. The lowest BCUT2D eigenvalue weighted by atomic mass is 10.1. The smallest absolute Gasteiger partial charge is 0.340 e. The summed E-state index contributed by atoms with van der Waals surface area (Å²) < 4.78 is 9.24. The van der Waals surface area contributed by atoms with Crippen LogP contribution in [0.2, 0.25) is 0 Å². The number of nitrogens with two attached hydrogens (primary N) is 1. The number of aryl methyl sites for hydroxylation is 1. The summed E-state index contributed by atoms with van der Waals surface area (Å²) in [6.07, 6.45) is 5.00. The number of hydrogen-bond acceptors (Lipinski definition) is 6. The minimum Gasteiger partial charge on any atom is -0.440 e. The highest BCUT2D eigenvalue weighted by atomic mass is 32.2. The number of aromatic nitrogens is 1. The molecule has 0 radical (unpaired) electrons. The molecule has 1 aliphatic carbocycles. The molecular formula is C24H25N3O3S. The molecule has 5 rings (SSSR count). The van der Waals surface area contributed by atoms with E-state index in [1.807, 2.05) is 37.3 Å². The fourth-order valence-electron chi connectivity index (χ4n) is 4.41. The standard InChI is InChI=1S/C24H25N3O3S/c1-16-5-2-3-6-17(16)23(29)30-15-26-13-9-18-19(22(26)28)7-4-8-20(18)31-27-14-10-21(25)24(27)11-12-24/h2-9,13,21H,10-12,14-15,25H2,1H3. The first-order valence-corrected chi connectivity index (χ1v) is 11.3. The van der Waals surface area contributed by atoms with Gasteiger partial charge in [0.25, 0.3) is 5.56 Å². The normalized spacial score (nSPS) is 19.7. The maximum absolute atomic E-state index is 13.1. The first-order valence-electron chi connectivity index (χ1n) is 10.6. The Balaban J connectivity index is 1.37. The second-order valence-electron chi connectivity index (χ2n) is 8.38. The number of ether oxygens (including phenoxy) is 1. The van der Waals surface area contributed by atoms with E-state index in [9.17, 15) is 9.59 Å². The van der Waals surface area contributed by atoms with Crippen LogP contribution in [0.15, 0.2) is 64.4 Å². The minimum absolute atomic E-state index is 0.122. The molecule has 1 atom stereocenters. The number of nitrogens with zero attached hydrogens (tertiary/aromatic N) is 2. The van der Waals surface area contributed by atoms with Crippen molar-refractivity contribution < 1.29 is 9.53 Å². The molecule has 3 aromatic rings. The Hall–Kier alpha value is -2.61. The van der Waals surface area contributed by atoms with E-state index in [1.54, 1.807) is 30.3 Å². The molecule has 31 heavy (non-hydrogen) atoms. The zero-order chi connectivity index (χ0) is 21.6. The molecule has 1 aliphatic heterocycles. The summed E-state index contributed by atoms with van der Waals surface area (Å²) in [5.74, 6) is -0.436. The first kappa shape index (κ1) is 20.3. The predicted octanol–water partition coefficient (Wildman–Crippen LogP) is 3.70. The number of esters is 1. The van der Waals surface area contributed by atoms with E-state index in [2.05, 4.69) is 10.4 Å². The van der Waals surface area contributed by atoms with E-state index < -0.39 is 5.97 Å². The highest BCUT2D eigenvalue weighted by Crippen LogP contribution is 2.53. The molecule has 2 fully saturated rings. The van der Waals surface area contributed by atoms with Crippen molar-refractivity contribution in [3.05, 3.63) is 76.2 Å². The molecule has 1 saturated carbocycles. The summed E-state index contributed by atoms with van der Waals surface area (Å²) in [6.45, 7) is 2.70. The molecule has 1 spiro atoms. The third-order valence-electron chi connectivity index (χ3n) is 6.48. The van der Waals surface area contributed by atoms with E-state index >= 15 is 0 Å². The van der Waals surface area contributed by atoms with Crippen molar-refractivity contribution in [3.63, 3.8) is 0 Å². The summed E-state index contributed by atoms with van der Waals surface area (Å²) in [5, 5.41) is 1.53. The van der Waals surface area contributed by atoms with Crippen LogP contribution in [0, 0.1) is 6.92 Å². The van der Waals surface area contributed by atoms with Crippen molar-refractivity contribution >= 4 is 28.7 Å². The number of carbonyl (C=O) groups is 1. The van der Waals surface area contributed by atoms with E-state index in [0.29, 0.717) is 10.9 Å². The Morgan fingerprint density at radius 2 is 1.97 bits per heavy atom. The first-order chi connectivity index (χ1) is 15.0. The molecule has 2 N–H and O–H groups in total. The molecule has 2 aromatic carbocycles. The van der Waals surface area contributed by atoms with E-state index in [0.717, 1.165) is 41.7 Å². The van der Waals surface area contributed by atoms with Crippen LogP contribution >= 0.6 is 11.9 Å². The number of rotatable bonds is 5. The van der Waals surface area contributed by atoms with Crippen LogP contribution in [0.3, 0.4) is 0 Å². The van der Waals surface area contributed by atoms with Crippen molar-refractivity contribution in [2.75, 3.05) is 6.54 Å². The van der Waals surface area contributed by atoms with Gasteiger partial charge in [-0.2, -0.15) is 0 Å². The number of hydrogen-bond donors (Lipinski definition) is 1. The summed E-state index contributed by atoms with van der Waals surface area (Å²) in [4.78, 5) is 26.5. The second-order valence-corrected chi connectivity index (χ2v) is 9.44. The average Bonchev–Trinajstić information content (AvgIpc) is 3.52. The van der Waals surface area contributed by atoms with Crippen LogP contribution in [0.25, 0.3) is 10.8 Å². The molecule has 160 valence electrons. The monoisotopic (exact) mass is 435 g/mol. The maximum atomic E-state index is 13.1. The quantitative estimate of drug-likeness (QED) is 0.486. The number of pyridine rings is 1. The van der Waals surface area contributed by atoms with Gasteiger partial charge in [-0.3, -0.25) is 9.36 Å². The van der Waals surface area contributed by atoms with Gasteiger partial charge in [0.15, 0.2) is 6.73 Å². The Labute approximate surface area is 185 Å². The largest absolute Gasteiger partial charge is 0.440 e. The zero-order valence-electron chi connectivity index (χ0n) is 17.4. The van der Waals surface area contributed by atoms with Gasteiger partial charge in [0.1, 0.15) is 0 Å². The van der Waals surface area contributed by atoms with Crippen LogP contribution < -0.4 is 11.3 Å². The van der Waals surface area contributed by atoms with Gasteiger partial charge in [0.05, 0.1) is 5.56 Å². The lowest BCUT2D eigenvalue weighted by Crippen LogP contribution is -2.38. The van der Waals surface area contributed by atoms with Gasteiger partial charge in [-0.05, 0) is 68.0 Å². The minimum atomic E-state index is -0.436. The fraction of sp³-hybridized carbons (Fsp3) is 0.333. The van der Waals surface area contributed by atoms with Crippen LogP contribution in [-0.2, 0) is 11.5 Å². The highest BCUT2D eigenvalue weighted by molar-refractivity contribution is 7.97. The molecule has 6 nitrogen and oxygen atoms in total. The van der Waals surface area contributed by atoms with E-state index in [4.69, 9.17) is 10.5 Å². The Kier molecular flexibility index (Phi) is 5.12. The molecule has 7 heteroatoms. The van der Waals surface area contributed by atoms with Crippen molar-refractivity contribution in [2.24, 2.45) is 5.73 Å². The molecule has 1 aromatic heterocycles. The van der Waals surface area contributed by atoms with Gasteiger partial charge in [-0.15, -0.1) is 0 Å². The molecule has 2 aliphatic rings. The second kappa shape index (κ2) is 7.82. The van der Waals surface area contributed by atoms with E-state index in [1.165, 1.54) is 4.57 Å². The number of fused-ring (bicyclic) bond motifs is 1. The molecule has 2 heterocycles. The Morgan fingerprint density at radius 3 is 2.74 bits per heavy atom. The van der Waals surface area contributed by atoms with Crippen molar-refractivity contribution in [1.82, 2.24) is 8.87 Å². The van der Waals surface area contributed by atoms with Gasteiger partial charge in [0.2, 0.25) is 0 Å². The van der Waals surface area contributed by atoms with Gasteiger partial charge in [-0.1, -0.05) is 24.3 Å². The molecule has 1 saturated heterocycles. The Morgan fingerprint density at radius 1 is 1.16 bits per heavy atom. The van der Waals surface area contributed by atoms with Crippen LogP contribution in [-0.4, -0.2) is 33.0 Å². The van der Waals surface area contributed by atoms with Crippen molar-refractivity contribution in [2.45, 2.75) is 49.4 Å². The summed E-state index contributed by atoms with van der Waals surface area (Å²) >= 11 is 1.71. The molecule has 0 amide bonds. The lowest BCUT2D eigenvalue weighted by Gasteiger charge is -2.25. The summed E-state index contributed by atoms with van der Waals surface area (Å²) in [5.41, 5.74) is 7.65.